The lowest BCUT2D eigenvalue weighted by atomic mass is 9.79. The number of anilines is 1. The summed E-state index contributed by atoms with van der Waals surface area (Å²) in [6.45, 7) is 0.203. The minimum absolute atomic E-state index is 0.195. The van der Waals surface area contributed by atoms with E-state index in [2.05, 4.69) is 10.3 Å². The Labute approximate surface area is 228 Å². The summed E-state index contributed by atoms with van der Waals surface area (Å²) in [6, 6.07) is 27.7. The van der Waals surface area contributed by atoms with Gasteiger partial charge in [0.1, 0.15) is 11.6 Å². The molecule has 4 aromatic carbocycles. The van der Waals surface area contributed by atoms with Gasteiger partial charge in [-0.2, -0.15) is 0 Å². The molecule has 0 saturated heterocycles. The molecule has 0 bridgehead atoms. The Bertz CT molecular complexity index is 1630. The Kier molecular flexibility index (Phi) is 6.54. The molecule has 1 aliphatic heterocycles. The van der Waals surface area contributed by atoms with Crippen molar-refractivity contribution >= 4 is 38.5 Å². The highest BCUT2D eigenvalue weighted by Crippen LogP contribution is 2.44. The summed E-state index contributed by atoms with van der Waals surface area (Å²) in [5.41, 5.74) is 3.46. The van der Waals surface area contributed by atoms with Crippen LogP contribution in [0, 0.1) is 5.82 Å². The Balaban J connectivity index is 1.46. The number of benzene rings is 4. The Morgan fingerprint density at radius 1 is 0.974 bits per heavy atom. The monoisotopic (exact) mass is 537 g/mol. The quantitative estimate of drug-likeness (QED) is 0.266. The summed E-state index contributed by atoms with van der Waals surface area (Å²) in [5.74, 6) is -0.867. The summed E-state index contributed by atoms with van der Waals surface area (Å²) in [7, 11) is 1.59. The predicted molar refractivity (Wildman–Crippen MR) is 149 cm³/mol. The van der Waals surface area contributed by atoms with Gasteiger partial charge in [0, 0.05) is 12.1 Å². The van der Waals surface area contributed by atoms with Crippen molar-refractivity contribution in [2.45, 2.75) is 18.5 Å². The lowest BCUT2D eigenvalue weighted by Crippen LogP contribution is -2.45. The second-order valence-electron chi connectivity index (χ2n) is 9.32. The number of nitrogens with one attached hydrogen (secondary N) is 1. The van der Waals surface area contributed by atoms with Crippen LogP contribution in [0.25, 0.3) is 10.2 Å². The van der Waals surface area contributed by atoms with Gasteiger partial charge in [0.2, 0.25) is 5.91 Å². The molecule has 194 valence electrons. The number of methoxy groups -OCH3 is 1. The third-order valence-electron chi connectivity index (χ3n) is 6.97. The summed E-state index contributed by atoms with van der Waals surface area (Å²) in [6.07, 6.45) is 0. The molecule has 0 spiro atoms. The van der Waals surface area contributed by atoms with Crippen molar-refractivity contribution in [2.75, 3.05) is 12.4 Å². The maximum Gasteiger partial charge on any atom is 0.255 e. The largest absolute Gasteiger partial charge is 0.497 e. The van der Waals surface area contributed by atoms with Gasteiger partial charge in [-0.3, -0.25) is 9.59 Å². The Hall–Kier alpha value is -4.56. The average Bonchev–Trinajstić information content (AvgIpc) is 3.37. The van der Waals surface area contributed by atoms with Gasteiger partial charge < -0.3 is 15.0 Å². The number of nitrogens with zero attached hydrogens (tertiary/aromatic N) is 2. The fourth-order valence-electron chi connectivity index (χ4n) is 5.12. The van der Waals surface area contributed by atoms with Crippen molar-refractivity contribution in [2.24, 2.45) is 0 Å². The highest BCUT2D eigenvalue weighted by atomic mass is 32.1. The molecule has 6 nitrogen and oxygen atoms in total. The second kappa shape index (κ2) is 10.3. The van der Waals surface area contributed by atoms with Crippen LogP contribution in [0.3, 0.4) is 0 Å². The zero-order valence-electron chi connectivity index (χ0n) is 21.0. The summed E-state index contributed by atoms with van der Waals surface area (Å²) in [4.78, 5) is 34.3. The van der Waals surface area contributed by atoms with Crippen molar-refractivity contribution in [3.8, 4) is 5.75 Å². The first-order valence-electron chi connectivity index (χ1n) is 12.5. The first-order valence-corrected chi connectivity index (χ1v) is 13.3. The molecule has 0 unspecified atom stereocenters. The number of aromatic nitrogens is 1. The van der Waals surface area contributed by atoms with E-state index in [0.717, 1.165) is 21.3 Å². The molecule has 0 fully saturated rings. The number of hydrogen-bond donors (Lipinski definition) is 1. The summed E-state index contributed by atoms with van der Waals surface area (Å²) >= 11 is 1.40. The highest BCUT2D eigenvalue weighted by molar-refractivity contribution is 7.22. The van der Waals surface area contributed by atoms with Crippen LogP contribution in [0.4, 0.5) is 9.52 Å². The number of rotatable bonds is 6. The van der Waals surface area contributed by atoms with E-state index in [0.29, 0.717) is 22.0 Å². The van der Waals surface area contributed by atoms with Gasteiger partial charge in [0.05, 0.1) is 29.3 Å². The molecule has 6 rings (SSSR count). The van der Waals surface area contributed by atoms with E-state index in [1.54, 1.807) is 36.3 Å². The zero-order chi connectivity index (χ0) is 26.9. The van der Waals surface area contributed by atoms with Gasteiger partial charge in [0.15, 0.2) is 5.13 Å². The van der Waals surface area contributed by atoms with Crippen molar-refractivity contribution in [3.63, 3.8) is 0 Å². The van der Waals surface area contributed by atoms with E-state index in [4.69, 9.17) is 4.74 Å². The molecular weight excluding hydrogens is 513 g/mol. The number of hydrogen-bond acceptors (Lipinski definition) is 5. The van der Waals surface area contributed by atoms with Crippen LogP contribution in [0.5, 0.6) is 5.75 Å². The van der Waals surface area contributed by atoms with Crippen LogP contribution in [0.15, 0.2) is 97.1 Å². The van der Waals surface area contributed by atoms with Gasteiger partial charge in [-0.1, -0.05) is 65.9 Å². The normalized spacial score (nSPS) is 16.7. The molecule has 1 aromatic heterocycles. The van der Waals surface area contributed by atoms with Gasteiger partial charge in [-0.15, -0.1) is 0 Å². The van der Waals surface area contributed by atoms with E-state index in [9.17, 15) is 14.0 Å². The highest BCUT2D eigenvalue weighted by Gasteiger charge is 2.44. The predicted octanol–water partition coefficient (Wildman–Crippen LogP) is 6.56. The third-order valence-corrected chi connectivity index (χ3v) is 7.92. The van der Waals surface area contributed by atoms with Crippen LogP contribution in [0.1, 0.15) is 39.0 Å². The Morgan fingerprint density at radius 2 is 1.69 bits per heavy atom. The van der Waals surface area contributed by atoms with E-state index >= 15 is 0 Å². The minimum atomic E-state index is -0.722. The molecule has 0 saturated carbocycles. The summed E-state index contributed by atoms with van der Waals surface area (Å²) in [5, 5.41) is 3.52. The number of carbonyl (C=O) groups excluding carboxylic acids is 2. The molecule has 0 aliphatic carbocycles. The molecule has 0 radical (unpaired) electrons. The van der Waals surface area contributed by atoms with Crippen molar-refractivity contribution < 1.29 is 18.7 Å². The summed E-state index contributed by atoms with van der Waals surface area (Å²) < 4.78 is 20.0. The van der Waals surface area contributed by atoms with E-state index in [-0.39, 0.29) is 24.2 Å². The number of thiazole rings is 1. The molecule has 39 heavy (non-hydrogen) atoms. The van der Waals surface area contributed by atoms with Crippen molar-refractivity contribution in [1.82, 2.24) is 9.88 Å². The lowest BCUT2D eigenvalue weighted by molar-refractivity contribution is -0.119. The minimum Gasteiger partial charge on any atom is -0.497 e. The molecule has 2 atom stereocenters. The SMILES string of the molecule is COc1ccc([C@@H]2[C@H](C(=O)Nc3nc4ccccc4s3)c3ccccc3C(=O)N2Cc2ccc(F)cc2)cc1. The average molecular weight is 538 g/mol. The number of fused-ring (bicyclic) bond motifs is 2. The third kappa shape index (κ3) is 4.75. The van der Waals surface area contributed by atoms with Crippen LogP contribution in [0.2, 0.25) is 0 Å². The molecule has 1 aliphatic rings. The second-order valence-corrected chi connectivity index (χ2v) is 10.3. The lowest BCUT2D eigenvalue weighted by Gasteiger charge is -2.42. The molecule has 1 N–H and O–H groups in total. The molecule has 8 heteroatoms. The van der Waals surface area contributed by atoms with Crippen LogP contribution in [-0.2, 0) is 11.3 Å². The first kappa shape index (κ1) is 24.8. The van der Waals surface area contributed by atoms with Gasteiger partial charge in [0.25, 0.3) is 5.91 Å². The number of carbonyl (C=O) groups is 2. The standard InChI is InChI=1S/C31H24FN3O3S/c1-38-22-16-12-20(13-17-22)28-27(29(36)34-31-33-25-8-4-5-9-26(25)39-31)23-6-2-3-7-24(23)30(37)35(28)18-19-10-14-21(32)15-11-19/h2-17,27-28H,18H2,1H3,(H,33,34,36)/t27-,28-/m1/s1. The maximum absolute atomic E-state index is 14.1. The molecule has 5 aromatic rings. The van der Waals surface area contributed by atoms with E-state index in [1.807, 2.05) is 60.7 Å². The Morgan fingerprint density at radius 3 is 2.44 bits per heavy atom. The number of amides is 2. The van der Waals surface area contributed by atoms with E-state index in [1.165, 1.54) is 23.5 Å². The fourth-order valence-corrected chi connectivity index (χ4v) is 5.99. The number of ether oxygens (including phenoxy) is 1. The van der Waals surface area contributed by atoms with Crippen LogP contribution >= 0.6 is 11.3 Å². The molecule has 2 heterocycles. The first-order chi connectivity index (χ1) is 19.0. The number of halogens is 1. The van der Waals surface area contributed by atoms with Crippen LogP contribution < -0.4 is 10.1 Å². The van der Waals surface area contributed by atoms with Gasteiger partial charge >= 0.3 is 0 Å². The fraction of sp³-hybridized carbons (Fsp3) is 0.129. The number of para-hydroxylation sites is 1. The van der Waals surface area contributed by atoms with Crippen molar-refractivity contribution in [3.05, 3.63) is 125 Å². The van der Waals surface area contributed by atoms with Crippen LogP contribution in [-0.4, -0.2) is 28.8 Å². The maximum atomic E-state index is 14.1. The van der Waals surface area contributed by atoms with E-state index < -0.39 is 12.0 Å². The molecular formula is C31H24FN3O3S. The zero-order valence-corrected chi connectivity index (χ0v) is 21.8. The van der Waals surface area contributed by atoms with Crippen molar-refractivity contribution in [1.29, 1.82) is 0 Å². The van der Waals surface area contributed by atoms with Gasteiger partial charge in [-0.05, 0) is 59.2 Å². The molecule has 2 amide bonds. The van der Waals surface area contributed by atoms with Gasteiger partial charge in [-0.25, -0.2) is 9.37 Å². The smallest absolute Gasteiger partial charge is 0.255 e. The topological polar surface area (TPSA) is 71.5 Å².